The standard InChI is InChI=1S/C10H7F5N2O/c1-10(17,2-16)3-18-9-7(14)5(12)4(11)6(13)8(9)15/h3,17H2,1H3. The second kappa shape index (κ2) is 4.78. The minimum Gasteiger partial charge on any atom is -0.484 e. The molecule has 1 rings (SSSR count). The van der Waals surface area contributed by atoms with E-state index in [0.717, 1.165) is 0 Å². The number of ether oxygens (including phenoxy) is 1. The minimum atomic E-state index is -2.28. The lowest BCUT2D eigenvalue weighted by atomic mass is 10.1. The largest absolute Gasteiger partial charge is 0.484 e. The van der Waals surface area contributed by atoms with Gasteiger partial charge in [0, 0.05) is 0 Å². The molecule has 18 heavy (non-hydrogen) atoms. The van der Waals surface area contributed by atoms with E-state index in [4.69, 9.17) is 11.0 Å². The van der Waals surface area contributed by atoms with Crippen LogP contribution in [0.5, 0.6) is 5.75 Å². The van der Waals surface area contributed by atoms with Gasteiger partial charge in [-0.3, -0.25) is 0 Å². The molecule has 0 radical (unpaired) electrons. The van der Waals surface area contributed by atoms with Gasteiger partial charge in [-0.15, -0.1) is 0 Å². The topological polar surface area (TPSA) is 59.0 Å². The van der Waals surface area contributed by atoms with Crippen molar-refractivity contribution in [3.63, 3.8) is 0 Å². The molecular weight excluding hydrogens is 259 g/mol. The summed E-state index contributed by atoms with van der Waals surface area (Å²) in [4.78, 5) is 0. The van der Waals surface area contributed by atoms with Crippen molar-refractivity contribution in [1.82, 2.24) is 0 Å². The van der Waals surface area contributed by atoms with Crippen molar-refractivity contribution in [3.05, 3.63) is 29.1 Å². The third kappa shape index (κ3) is 2.51. The predicted octanol–water partition coefficient (Wildman–Crippen LogP) is 2.00. The molecule has 0 aliphatic heterocycles. The number of benzene rings is 1. The molecule has 0 aliphatic carbocycles. The average molecular weight is 266 g/mol. The van der Waals surface area contributed by atoms with Crippen molar-refractivity contribution in [3.8, 4) is 11.8 Å². The fraction of sp³-hybridized carbons (Fsp3) is 0.300. The van der Waals surface area contributed by atoms with Crippen molar-refractivity contribution >= 4 is 0 Å². The van der Waals surface area contributed by atoms with Crippen LogP contribution in [0.2, 0.25) is 0 Å². The van der Waals surface area contributed by atoms with Crippen LogP contribution in [-0.2, 0) is 0 Å². The Morgan fingerprint density at radius 3 is 1.83 bits per heavy atom. The van der Waals surface area contributed by atoms with Crippen molar-refractivity contribution < 1.29 is 26.7 Å². The second-order valence-electron chi connectivity index (χ2n) is 3.72. The Hall–Kier alpha value is -1.88. The molecule has 98 valence electrons. The molecule has 0 amide bonds. The van der Waals surface area contributed by atoms with Crippen molar-refractivity contribution in [2.45, 2.75) is 12.5 Å². The molecular formula is C10H7F5N2O. The van der Waals surface area contributed by atoms with Crippen LogP contribution in [-0.4, -0.2) is 12.1 Å². The van der Waals surface area contributed by atoms with Crippen molar-refractivity contribution in [1.29, 1.82) is 5.26 Å². The van der Waals surface area contributed by atoms with Gasteiger partial charge < -0.3 is 10.5 Å². The van der Waals surface area contributed by atoms with E-state index < -0.39 is 47.0 Å². The number of hydrogen-bond donors (Lipinski definition) is 1. The summed E-state index contributed by atoms with van der Waals surface area (Å²) >= 11 is 0. The van der Waals surface area contributed by atoms with E-state index in [0.29, 0.717) is 0 Å². The summed E-state index contributed by atoms with van der Waals surface area (Å²) < 4.78 is 68.8. The van der Waals surface area contributed by atoms with Gasteiger partial charge in [0.2, 0.25) is 29.1 Å². The molecule has 1 aromatic carbocycles. The number of nitriles is 1. The molecule has 0 aliphatic rings. The quantitative estimate of drug-likeness (QED) is 0.517. The highest BCUT2D eigenvalue weighted by atomic mass is 19.2. The summed E-state index contributed by atoms with van der Waals surface area (Å²) in [5.41, 5.74) is 3.65. The van der Waals surface area contributed by atoms with Crippen LogP contribution in [0.15, 0.2) is 0 Å². The molecule has 0 heterocycles. The lowest BCUT2D eigenvalue weighted by Gasteiger charge is -2.17. The highest BCUT2D eigenvalue weighted by Gasteiger charge is 2.28. The molecule has 1 atom stereocenters. The summed E-state index contributed by atoms with van der Waals surface area (Å²) in [6, 6.07) is 1.54. The zero-order valence-corrected chi connectivity index (χ0v) is 9.03. The Labute approximate surface area is 98.6 Å². The maximum absolute atomic E-state index is 13.1. The summed E-state index contributed by atoms with van der Waals surface area (Å²) in [6.45, 7) is 0.431. The summed E-state index contributed by atoms with van der Waals surface area (Å²) in [7, 11) is 0. The maximum atomic E-state index is 13.1. The Morgan fingerprint density at radius 1 is 1.06 bits per heavy atom. The molecule has 1 aromatic rings. The van der Waals surface area contributed by atoms with Gasteiger partial charge in [-0.1, -0.05) is 0 Å². The van der Waals surface area contributed by atoms with E-state index in [1.54, 1.807) is 0 Å². The average Bonchev–Trinajstić information content (AvgIpc) is 2.34. The number of nitrogens with zero attached hydrogens (tertiary/aromatic N) is 1. The molecule has 0 fully saturated rings. The van der Waals surface area contributed by atoms with Crippen LogP contribution >= 0.6 is 0 Å². The molecule has 0 aromatic heterocycles. The first-order valence-corrected chi connectivity index (χ1v) is 4.55. The van der Waals surface area contributed by atoms with Gasteiger partial charge in [0.05, 0.1) is 6.07 Å². The fourth-order valence-electron chi connectivity index (χ4n) is 0.966. The number of nitrogens with two attached hydrogens (primary N) is 1. The Kier molecular flexibility index (Phi) is 3.76. The molecule has 1 unspecified atom stereocenters. The summed E-state index contributed by atoms with van der Waals surface area (Å²) in [6.07, 6.45) is 0. The molecule has 0 bridgehead atoms. The first-order chi connectivity index (χ1) is 8.21. The Morgan fingerprint density at radius 2 is 1.44 bits per heavy atom. The van der Waals surface area contributed by atoms with E-state index >= 15 is 0 Å². The van der Waals surface area contributed by atoms with Gasteiger partial charge >= 0.3 is 0 Å². The summed E-state index contributed by atoms with van der Waals surface area (Å²) in [5, 5.41) is 8.51. The van der Waals surface area contributed by atoms with Gasteiger partial charge in [0.15, 0.2) is 5.75 Å². The monoisotopic (exact) mass is 266 g/mol. The van der Waals surface area contributed by atoms with Crippen LogP contribution in [0.25, 0.3) is 0 Å². The lowest BCUT2D eigenvalue weighted by Crippen LogP contribution is -2.41. The third-order valence-electron chi connectivity index (χ3n) is 1.94. The highest BCUT2D eigenvalue weighted by Crippen LogP contribution is 2.29. The molecule has 0 saturated heterocycles. The predicted molar refractivity (Wildman–Crippen MR) is 49.9 cm³/mol. The molecule has 8 heteroatoms. The van der Waals surface area contributed by atoms with E-state index in [1.165, 1.54) is 13.0 Å². The van der Waals surface area contributed by atoms with Gasteiger partial charge in [-0.2, -0.15) is 14.0 Å². The Balaban J connectivity index is 3.16. The van der Waals surface area contributed by atoms with E-state index in [9.17, 15) is 22.0 Å². The molecule has 0 spiro atoms. The number of hydrogen-bond acceptors (Lipinski definition) is 3. The first-order valence-electron chi connectivity index (χ1n) is 4.55. The van der Waals surface area contributed by atoms with E-state index in [1.807, 2.05) is 0 Å². The Bertz CT molecular complexity index is 495. The van der Waals surface area contributed by atoms with Gasteiger partial charge in [-0.25, -0.2) is 13.2 Å². The fourth-order valence-corrected chi connectivity index (χ4v) is 0.966. The third-order valence-corrected chi connectivity index (χ3v) is 1.94. The first kappa shape index (κ1) is 14.2. The maximum Gasteiger partial charge on any atom is 0.206 e. The van der Waals surface area contributed by atoms with Crippen LogP contribution in [0, 0.1) is 40.4 Å². The molecule has 3 nitrogen and oxygen atoms in total. The van der Waals surface area contributed by atoms with E-state index in [2.05, 4.69) is 4.74 Å². The zero-order valence-electron chi connectivity index (χ0n) is 9.03. The van der Waals surface area contributed by atoms with Crippen LogP contribution in [0.3, 0.4) is 0 Å². The smallest absolute Gasteiger partial charge is 0.206 e. The van der Waals surface area contributed by atoms with Crippen LogP contribution in [0.1, 0.15) is 6.92 Å². The number of halogens is 5. The van der Waals surface area contributed by atoms with Crippen molar-refractivity contribution in [2.24, 2.45) is 5.73 Å². The van der Waals surface area contributed by atoms with E-state index in [-0.39, 0.29) is 0 Å². The van der Waals surface area contributed by atoms with Crippen LogP contribution < -0.4 is 10.5 Å². The normalized spacial score (nSPS) is 13.9. The summed E-state index contributed by atoms with van der Waals surface area (Å²) in [5.74, 6) is -12.2. The van der Waals surface area contributed by atoms with Gasteiger partial charge in [0.25, 0.3) is 0 Å². The number of rotatable bonds is 3. The highest BCUT2D eigenvalue weighted by molar-refractivity contribution is 5.30. The van der Waals surface area contributed by atoms with Gasteiger partial charge in [0.1, 0.15) is 12.1 Å². The van der Waals surface area contributed by atoms with Gasteiger partial charge in [-0.05, 0) is 6.92 Å². The molecule has 0 saturated carbocycles. The second-order valence-corrected chi connectivity index (χ2v) is 3.72. The SMILES string of the molecule is CC(N)(C#N)COc1c(F)c(F)c(F)c(F)c1F. The van der Waals surface area contributed by atoms with Crippen LogP contribution in [0.4, 0.5) is 22.0 Å². The molecule has 2 N–H and O–H groups in total. The zero-order chi connectivity index (χ0) is 14.1. The minimum absolute atomic E-state index is 0.734. The lowest BCUT2D eigenvalue weighted by molar-refractivity contribution is 0.229. The van der Waals surface area contributed by atoms with Crippen molar-refractivity contribution in [2.75, 3.05) is 6.61 Å².